The first-order chi connectivity index (χ1) is 20.1. The zero-order valence-corrected chi connectivity index (χ0v) is 25.8. The van der Waals surface area contributed by atoms with Crippen LogP contribution >= 0.6 is 0 Å². The molecule has 0 unspecified atom stereocenters. The molecule has 42 heavy (non-hydrogen) atoms. The summed E-state index contributed by atoms with van der Waals surface area (Å²) in [7, 11) is 0. The van der Waals surface area contributed by atoms with Crippen molar-refractivity contribution in [1.29, 1.82) is 0 Å². The second-order valence-corrected chi connectivity index (χ2v) is 12.8. The van der Waals surface area contributed by atoms with Gasteiger partial charge in [-0.15, -0.1) is 10.2 Å². The van der Waals surface area contributed by atoms with Gasteiger partial charge in [0.25, 0.3) is 0 Å². The number of aryl methyl sites for hydroxylation is 1. The van der Waals surface area contributed by atoms with E-state index in [-0.39, 0.29) is 10.8 Å². The van der Waals surface area contributed by atoms with Crippen LogP contribution in [0.2, 0.25) is 0 Å². The van der Waals surface area contributed by atoms with Crippen LogP contribution in [0.25, 0.3) is 33.7 Å². The van der Waals surface area contributed by atoms with Gasteiger partial charge in [0.15, 0.2) is 0 Å². The summed E-state index contributed by atoms with van der Waals surface area (Å²) in [6.07, 6.45) is 2.04. The summed E-state index contributed by atoms with van der Waals surface area (Å²) >= 11 is 0. The molecule has 1 heterocycles. The Labute approximate surface area is 250 Å². The molecule has 5 rings (SSSR count). The molecule has 0 spiro atoms. The van der Waals surface area contributed by atoms with Crippen LogP contribution < -0.4 is 0 Å². The highest BCUT2D eigenvalue weighted by Gasteiger charge is 2.21. The van der Waals surface area contributed by atoms with E-state index in [9.17, 15) is 0 Å². The van der Waals surface area contributed by atoms with Crippen LogP contribution in [0.15, 0.2) is 101 Å². The zero-order valence-electron chi connectivity index (χ0n) is 25.8. The lowest BCUT2D eigenvalue weighted by atomic mass is 9.79. The highest BCUT2D eigenvalue weighted by atomic mass is 16.5. The number of benzene rings is 4. The molecule has 0 atom stereocenters. The van der Waals surface area contributed by atoms with E-state index in [1.54, 1.807) is 6.92 Å². The summed E-state index contributed by atoms with van der Waals surface area (Å²) in [5, 5.41) is 8.06. The molecule has 0 aliphatic heterocycles. The van der Waals surface area contributed by atoms with E-state index < -0.39 is 0 Å². The van der Waals surface area contributed by atoms with Gasteiger partial charge < -0.3 is 9.15 Å². The molecule has 0 N–H and O–H groups in total. The highest BCUT2D eigenvalue weighted by molar-refractivity contribution is 5.69. The van der Waals surface area contributed by atoms with E-state index in [1.807, 2.05) is 12.1 Å². The maximum absolute atomic E-state index is 6.24. The molecule has 0 aliphatic carbocycles. The van der Waals surface area contributed by atoms with E-state index in [1.165, 1.54) is 38.9 Å². The summed E-state index contributed by atoms with van der Waals surface area (Å²) < 4.78 is 11.8. The average Bonchev–Trinajstić information content (AvgIpc) is 3.43. The first-order valence-electron chi connectivity index (χ1n) is 14.9. The van der Waals surface area contributed by atoms with Gasteiger partial charge in [-0.1, -0.05) is 120 Å². The molecule has 0 saturated carbocycles. The van der Waals surface area contributed by atoms with Gasteiger partial charge in [0.2, 0.25) is 11.8 Å². The topological polar surface area (TPSA) is 48.2 Å². The van der Waals surface area contributed by atoms with Crippen molar-refractivity contribution in [2.75, 3.05) is 6.61 Å². The number of nitrogens with zero attached hydrogens (tertiary/aromatic N) is 2. The molecule has 0 radical (unpaired) electrons. The van der Waals surface area contributed by atoms with Crippen molar-refractivity contribution >= 4 is 0 Å². The SMILES string of the molecule is Cc1nnc(-c2ccc(-c3cccc(C(C)(C)CCCOCc4ccccc4-c4cccc(C(C)(C)C)c4)c3)cc2)o1. The van der Waals surface area contributed by atoms with Crippen molar-refractivity contribution in [3.05, 3.63) is 120 Å². The smallest absolute Gasteiger partial charge is 0.247 e. The standard InChI is InChI=1S/C38H42N2O2/c1-27-39-40-36(42-27)29-20-18-28(19-21-29)30-13-9-16-34(24-30)38(5,6)22-11-23-41-26-32-12-7-8-17-35(32)31-14-10-15-33(25-31)37(2,3)4/h7-10,12-21,24-25H,11,22-23,26H2,1-6H3. The number of hydrogen-bond acceptors (Lipinski definition) is 4. The lowest BCUT2D eigenvalue weighted by molar-refractivity contribution is 0.113. The summed E-state index contributed by atoms with van der Waals surface area (Å²) in [6.45, 7) is 14.6. The number of rotatable bonds is 10. The molecule has 0 saturated heterocycles. The third-order valence-electron chi connectivity index (χ3n) is 8.04. The van der Waals surface area contributed by atoms with Gasteiger partial charge in [0.05, 0.1) is 6.61 Å². The molecule has 4 aromatic carbocycles. The second kappa shape index (κ2) is 12.5. The highest BCUT2D eigenvalue weighted by Crippen LogP contribution is 2.33. The Morgan fingerprint density at radius 3 is 2.05 bits per heavy atom. The maximum Gasteiger partial charge on any atom is 0.247 e. The predicted molar refractivity (Wildman–Crippen MR) is 172 cm³/mol. The molecule has 0 amide bonds. The third kappa shape index (κ3) is 7.06. The number of ether oxygens (including phenoxy) is 1. The third-order valence-corrected chi connectivity index (χ3v) is 8.04. The molecular weight excluding hydrogens is 516 g/mol. The lowest BCUT2D eigenvalue weighted by Gasteiger charge is -2.26. The summed E-state index contributed by atoms with van der Waals surface area (Å²) in [6, 6.07) is 34.7. The van der Waals surface area contributed by atoms with Gasteiger partial charge in [0.1, 0.15) is 0 Å². The van der Waals surface area contributed by atoms with Crippen LogP contribution in [0.5, 0.6) is 0 Å². The summed E-state index contributed by atoms with van der Waals surface area (Å²) in [5.41, 5.74) is 9.87. The van der Waals surface area contributed by atoms with Crippen molar-refractivity contribution < 1.29 is 9.15 Å². The van der Waals surface area contributed by atoms with E-state index in [4.69, 9.17) is 9.15 Å². The molecular formula is C38H42N2O2. The molecule has 4 heteroatoms. The Hall–Kier alpha value is -4.02. The second-order valence-electron chi connectivity index (χ2n) is 12.8. The van der Waals surface area contributed by atoms with E-state index in [0.717, 1.165) is 25.0 Å². The largest absolute Gasteiger partial charge is 0.421 e. The number of aromatic nitrogens is 2. The van der Waals surface area contributed by atoms with E-state index >= 15 is 0 Å². The van der Waals surface area contributed by atoms with Crippen LogP contribution in [-0.2, 0) is 22.2 Å². The molecule has 0 bridgehead atoms. The summed E-state index contributed by atoms with van der Waals surface area (Å²) in [4.78, 5) is 0. The normalized spacial score (nSPS) is 12.0. The molecule has 4 nitrogen and oxygen atoms in total. The van der Waals surface area contributed by atoms with Crippen molar-refractivity contribution in [2.45, 2.75) is 71.8 Å². The van der Waals surface area contributed by atoms with Gasteiger partial charge in [-0.3, -0.25) is 0 Å². The van der Waals surface area contributed by atoms with Crippen LogP contribution in [0.4, 0.5) is 0 Å². The van der Waals surface area contributed by atoms with Crippen molar-refractivity contribution in [1.82, 2.24) is 10.2 Å². The monoisotopic (exact) mass is 558 g/mol. The van der Waals surface area contributed by atoms with Gasteiger partial charge in [-0.25, -0.2) is 0 Å². The number of hydrogen-bond donors (Lipinski definition) is 0. The fourth-order valence-corrected chi connectivity index (χ4v) is 5.36. The van der Waals surface area contributed by atoms with Crippen molar-refractivity contribution in [3.63, 3.8) is 0 Å². The van der Waals surface area contributed by atoms with E-state index in [0.29, 0.717) is 18.4 Å². The van der Waals surface area contributed by atoms with Gasteiger partial charge in [-0.2, -0.15) is 0 Å². The van der Waals surface area contributed by atoms with Gasteiger partial charge in [0, 0.05) is 19.1 Å². The summed E-state index contributed by atoms with van der Waals surface area (Å²) in [5.74, 6) is 1.12. The fraction of sp³-hybridized carbons (Fsp3) is 0.316. The molecule has 1 aromatic heterocycles. The Bertz CT molecular complexity index is 1620. The predicted octanol–water partition coefficient (Wildman–Crippen LogP) is 9.95. The lowest BCUT2D eigenvalue weighted by Crippen LogP contribution is -2.18. The van der Waals surface area contributed by atoms with Crippen molar-refractivity contribution in [3.8, 4) is 33.7 Å². The minimum Gasteiger partial charge on any atom is -0.421 e. The Kier molecular flexibility index (Phi) is 8.74. The van der Waals surface area contributed by atoms with Crippen LogP contribution in [0.1, 0.15) is 70.0 Å². The molecule has 0 aliphatic rings. The van der Waals surface area contributed by atoms with E-state index in [2.05, 4.69) is 130 Å². The van der Waals surface area contributed by atoms with Gasteiger partial charge in [-0.05, 0) is 74.7 Å². The minimum absolute atomic E-state index is 0.0336. The first-order valence-corrected chi connectivity index (χ1v) is 14.9. The quantitative estimate of drug-likeness (QED) is 0.160. The van der Waals surface area contributed by atoms with Crippen LogP contribution in [-0.4, -0.2) is 16.8 Å². The molecule has 0 fully saturated rings. The van der Waals surface area contributed by atoms with Crippen LogP contribution in [0, 0.1) is 6.92 Å². The fourth-order valence-electron chi connectivity index (χ4n) is 5.36. The first kappa shape index (κ1) is 29.5. The Morgan fingerprint density at radius 1 is 0.667 bits per heavy atom. The van der Waals surface area contributed by atoms with Gasteiger partial charge >= 0.3 is 0 Å². The maximum atomic E-state index is 6.24. The van der Waals surface area contributed by atoms with Crippen molar-refractivity contribution in [2.24, 2.45) is 0 Å². The molecule has 5 aromatic rings. The Morgan fingerprint density at radius 2 is 1.33 bits per heavy atom. The minimum atomic E-state index is 0.0336. The Balaban J connectivity index is 1.18. The average molecular weight is 559 g/mol. The molecule has 216 valence electrons. The zero-order chi connectivity index (χ0) is 29.7. The van der Waals surface area contributed by atoms with Crippen LogP contribution in [0.3, 0.4) is 0 Å².